The maximum atomic E-state index is 11.8. The first-order valence-corrected chi connectivity index (χ1v) is 7.93. The first-order valence-electron chi connectivity index (χ1n) is 7.93. The van der Waals surface area contributed by atoms with Gasteiger partial charge in [-0.2, -0.15) is 0 Å². The van der Waals surface area contributed by atoms with E-state index in [2.05, 4.69) is 44.8 Å². The minimum atomic E-state index is -0.195. The number of likely N-dealkylation sites (tertiary alicyclic amines) is 1. The van der Waals surface area contributed by atoms with Crippen LogP contribution in [0.5, 0.6) is 0 Å². The molecule has 4 heteroatoms. The fourth-order valence-corrected chi connectivity index (χ4v) is 3.24. The van der Waals surface area contributed by atoms with Crippen molar-refractivity contribution in [3.63, 3.8) is 0 Å². The molecule has 1 aliphatic heterocycles. The molecule has 0 spiro atoms. The molecular weight excluding hydrogens is 252 g/mol. The smallest absolute Gasteiger partial charge is 0.322 e. The molecule has 0 saturated carbocycles. The zero-order valence-electron chi connectivity index (χ0n) is 14.0. The summed E-state index contributed by atoms with van der Waals surface area (Å²) in [6, 6.07) is 0.694. The summed E-state index contributed by atoms with van der Waals surface area (Å²) in [4.78, 5) is 14.4. The third-order valence-corrected chi connectivity index (χ3v) is 4.45. The Labute approximate surface area is 124 Å². The third-order valence-electron chi connectivity index (χ3n) is 4.45. The summed E-state index contributed by atoms with van der Waals surface area (Å²) < 4.78 is 4.90. The van der Waals surface area contributed by atoms with Gasteiger partial charge in [-0.3, -0.25) is 4.79 Å². The minimum absolute atomic E-state index is 0.149. The molecule has 0 aromatic rings. The quantitative estimate of drug-likeness (QED) is 0.760. The Balaban J connectivity index is 2.54. The van der Waals surface area contributed by atoms with Crippen molar-refractivity contribution in [2.45, 2.75) is 65.6 Å². The summed E-state index contributed by atoms with van der Waals surface area (Å²) in [5.74, 6) is 1.33. The normalized spacial score (nSPS) is 29.4. The van der Waals surface area contributed by atoms with Crippen LogP contribution >= 0.6 is 0 Å². The summed E-state index contributed by atoms with van der Waals surface area (Å²) >= 11 is 0. The van der Waals surface area contributed by atoms with E-state index in [0.717, 1.165) is 31.3 Å². The van der Waals surface area contributed by atoms with E-state index in [1.54, 1.807) is 0 Å². The van der Waals surface area contributed by atoms with Crippen LogP contribution in [0, 0.1) is 11.8 Å². The van der Waals surface area contributed by atoms with Gasteiger partial charge in [0.15, 0.2) is 0 Å². The van der Waals surface area contributed by atoms with Gasteiger partial charge in [0.05, 0.1) is 7.11 Å². The number of rotatable bonds is 6. The lowest BCUT2D eigenvalue weighted by molar-refractivity contribution is -0.143. The number of piperidine rings is 1. The molecule has 20 heavy (non-hydrogen) atoms. The molecule has 4 nitrogen and oxygen atoms in total. The average molecular weight is 284 g/mol. The van der Waals surface area contributed by atoms with Crippen LogP contribution in [0.15, 0.2) is 0 Å². The second-order valence-corrected chi connectivity index (χ2v) is 6.74. The summed E-state index contributed by atoms with van der Waals surface area (Å²) in [7, 11) is 1.46. The molecule has 1 N–H and O–H groups in total. The lowest BCUT2D eigenvalue weighted by Gasteiger charge is -2.41. The summed E-state index contributed by atoms with van der Waals surface area (Å²) in [6.45, 7) is 13.2. The topological polar surface area (TPSA) is 41.6 Å². The predicted octanol–water partition coefficient (Wildman–Crippen LogP) is 2.28. The van der Waals surface area contributed by atoms with Gasteiger partial charge in [0.2, 0.25) is 0 Å². The Morgan fingerprint density at radius 1 is 1.35 bits per heavy atom. The molecule has 1 aliphatic rings. The molecule has 0 aromatic heterocycles. The molecule has 0 radical (unpaired) electrons. The van der Waals surface area contributed by atoms with Crippen molar-refractivity contribution in [1.82, 2.24) is 10.2 Å². The average Bonchev–Trinajstić information content (AvgIpc) is 2.38. The van der Waals surface area contributed by atoms with Gasteiger partial charge >= 0.3 is 5.97 Å². The summed E-state index contributed by atoms with van der Waals surface area (Å²) in [5.41, 5.74) is 0. The number of methoxy groups -OCH3 is 1. The van der Waals surface area contributed by atoms with Gasteiger partial charge < -0.3 is 15.0 Å². The van der Waals surface area contributed by atoms with Crippen molar-refractivity contribution in [3.05, 3.63) is 0 Å². The SMILES string of the molecule is COC(=O)C(CCN1CC(C)CC(C)C1C)NC(C)C. The zero-order valence-corrected chi connectivity index (χ0v) is 14.0. The van der Waals surface area contributed by atoms with Crippen LogP contribution in [0.2, 0.25) is 0 Å². The second kappa shape index (κ2) is 7.99. The highest BCUT2D eigenvalue weighted by Gasteiger charge is 2.30. The molecule has 4 atom stereocenters. The number of carbonyl (C=O) groups excluding carboxylic acids is 1. The summed E-state index contributed by atoms with van der Waals surface area (Å²) in [5, 5.41) is 3.31. The number of nitrogens with zero attached hydrogens (tertiary/aromatic N) is 1. The van der Waals surface area contributed by atoms with Crippen molar-refractivity contribution in [2.75, 3.05) is 20.2 Å². The molecule has 0 aromatic carbocycles. The van der Waals surface area contributed by atoms with Crippen LogP contribution in [-0.4, -0.2) is 49.2 Å². The fraction of sp³-hybridized carbons (Fsp3) is 0.938. The van der Waals surface area contributed by atoms with E-state index in [1.165, 1.54) is 13.5 Å². The van der Waals surface area contributed by atoms with Gasteiger partial charge in [0, 0.05) is 25.2 Å². The van der Waals surface area contributed by atoms with Crippen LogP contribution in [-0.2, 0) is 9.53 Å². The van der Waals surface area contributed by atoms with E-state index in [0.29, 0.717) is 6.04 Å². The number of nitrogens with one attached hydrogen (secondary N) is 1. The minimum Gasteiger partial charge on any atom is -0.468 e. The highest BCUT2D eigenvalue weighted by Crippen LogP contribution is 2.27. The Morgan fingerprint density at radius 2 is 2.00 bits per heavy atom. The van der Waals surface area contributed by atoms with E-state index in [9.17, 15) is 4.79 Å². The highest BCUT2D eigenvalue weighted by atomic mass is 16.5. The van der Waals surface area contributed by atoms with E-state index >= 15 is 0 Å². The second-order valence-electron chi connectivity index (χ2n) is 6.74. The number of carbonyl (C=O) groups is 1. The van der Waals surface area contributed by atoms with Crippen LogP contribution in [0.3, 0.4) is 0 Å². The van der Waals surface area contributed by atoms with Crippen molar-refractivity contribution in [1.29, 1.82) is 0 Å². The van der Waals surface area contributed by atoms with Gasteiger partial charge in [-0.1, -0.05) is 27.7 Å². The van der Waals surface area contributed by atoms with Crippen LogP contribution in [0.25, 0.3) is 0 Å². The number of hydrogen-bond donors (Lipinski definition) is 1. The monoisotopic (exact) mass is 284 g/mol. The van der Waals surface area contributed by atoms with Crippen LogP contribution in [0.4, 0.5) is 0 Å². The largest absolute Gasteiger partial charge is 0.468 e. The molecule has 1 saturated heterocycles. The summed E-state index contributed by atoms with van der Waals surface area (Å²) in [6.07, 6.45) is 2.12. The maximum Gasteiger partial charge on any atom is 0.322 e. The third kappa shape index (κ3) is 5.06. The van der Waals surface area contributed by atoms with Gasteiger partial charge in [-0.25, -0.2) is 0 Å². The number of esters is 1. The van der Waals surface area contributed by atoms with Gasteiger partial charge in [-0.15, -0.1) is 0 Å². The molecule has 1 heterocycles. The van der Waals surface area contributed by atoms with Gasteiger partial charge in [0.25, 0.3) is 0 Å². The fourth-order valence-electron chi connectivity index (χ4n) is 3.24. The molecule has 0 bridgehead atoms. The maximum absolute atomic E-state index is 11.8. The standard InChI is InChI=1S/C16H32N2O2/c1-11(2)17-15(16(19)20-6)7-8-18-10-12(3)9-13(4)14(18)5/h11-15,17H,7-10H2,1-6H3. The van der Waals surface area contributed by atoms with Gasteiger partial charge in [0.1, 0.15) is 6.04 Å². The van der Waals surface area contributed by atoms with E-state index in [4.69, 9.17) is 4.74 Å². The molecule has 0 aliphatic carbocycles. The Kier molecular flexibility index (Phi) is 6.96. The molecule has 1 rings (SSSR count). The van der Waals surface area contributed by atoms with Crippen molar-refractivity contribution >= 4 is 5.97 Å². The Hall–Kier alpha value is -0.610. The van der Waals surface area contributed by atoms with E-state index in [-0.39, 0.29) is 18.1 Å². The molecular formula is C16H32N2O2. The highest BCUT2D eigenvalue weighted by molar-refractivity contribution is 5.75. The van der Waals surface area contributed by atoms with E-state index < -0.39 is 0 Å². The Morgan fingerprint density at radius 3 is 2.55 bits per heavy atom. The van der Waals surface area contributed by atoms with Crippen LogP contribution in [0.1, 0.15) is 47.5 Å². The lowest BCUT2D eigenvalue weighted by atomic mass is 9.86. The van der Waals surface area contributed by atoms with Gasteiger partial charge in [-0.05, 0) is 31.6 Å². The van der Waals surface area contributed by atoms with Crippen LogP contribution < -0.4 is 5.32 Å². The zero-order chi connectivity index (χ0) is 15.3. The Bertz CT molecular complexity index is 307. The van der Waals surface area contributed by atoms with Crippen molar-refractivity contribution in [3.8, 4) is 0 Å². The van der Waals surface area contributed by atoms with Crippen molar-refractivity contribution in [2.24, 2.45) is 11.8 Å². The lowest BCUT2D eigenvalue weighted by Crippen LogP contribution is -2.49. The molecule has 0 amide bonds. The van der Waals surface area contributed by atoms with Crippen molar-refractivity contribution < 1.29 is 9.53 Å². The molecule has 118 valence electrons. The first-order chi connectivity index (χ1) is 9.35. The number of hydrogen-bond acceptors (Lipinski definition) is 4. The van der Waals surface area contributed by atoms with E-state index in [1.807, 2.05) is 0 Å². The number of ether oxygens (including phenoxy) is 1. The molecule has 4 unspecified atom stereocenters. The predicted molar refractivity (Wildman–Crippen MR) is 82.7 cm³/mol. The first kappa shape index (κ1) is 17.4. The molecule has 1 fully saturated rings.